The molecule has 0 aliphatic carbocycles. The molecular formula is C20H22ClFN2O3. The van der Waals surface area contributed by atoms with Gasteiger partial charge < -0.3 is 14.8 Å². The maximum absolute atomic E-state index is 13.3. The zero-order valence-electron chi connectivity index (χ0n) is 15.3. The maximum atomic E-state index is 13.3. The monoisotopic (exact) mass is 392 g/mol. The molecule has 0 bridgehead atoms. The van der Waals surface area contributed by atoms with Crippen molar-refractivity contribution in [1.29, 1.82) is 0 Å². The molecule has 1 heterocycles. The predicted octanol–water partition coefficient (Wildman–Crippen LogP) is 4.27. The van der Waals surface area contributed by atoms with Crippen LogP contribution in [-0.4, -0.2) is 38.1 Å². The van der Waals surface area contributed by atoms with Crippen molar-refractivity contribution in [2.45, 2.75) is 18.9 Å². The summed E-state index contributed by atoms with van der Waals surface area (Å²) in [5.41, 5.74) is 1.51. The van der Waals surface area contributed by atoms with Gasteiger partial charge in [0.25, 0.3) is 0 Å². The number of benzene rings is 2. The Labute approximate surface area is 163 Å². The Balaban J connectivity index is 1.71. The molecule has 3 rings (SSSR count). The molecule has 1 aliphatic rings. The van der Waals surface area contributed by atoms with E-state index in [2.05, 4.69) is 10.2 Å². The first-order valence-corrected chi connectivity index (χ1v) is 9.10. The Morgan fingerprint density at radius 2 is 2.07 bits per heavy atom. The molecular weight excluding hydrogens is 371 g/mol. The number of rotatable bonds is 6. The summed E-state index contributed by atoms with van der Waals surface area (Å²) in [7, 11) is 3.24. The van der Waals surface area contributed by atoms with E-state index in [-0.39, 0.29) is 23.5 Å². The summed E-state index contributed by atoms with van der Waals surface area (Å²) >= 11 is 5.77. The second kappa shape index (κ2) is 8.59. The number of carbonyl (C=O) groups excluding carboxylic acids is 1. The second-order valence-corrected chi connectivity index (χ2v) is 6.82. The van der Waals surface area contributed by atoms with Crippen LogP contribution in [0.2, 0.25) is 5.02 Å². The SMILES string of the molecule is COc1ccc(C2CCCN2CC(=O)Nc2ccc(F)c(Cl)c2)c(OC)c1. The first-order chi connectivity index (χ1) is 13.0. The standard InChI is InChI=1S/C20H22ClFN2O3/c1-26-14-6-7-15(19(11-14)27-2)18-4-3-9-24(18)12-20(25)23-13-5-8-17(22)16(21)10-13/h5-8,10-11,18H,3-4,9,12H2,1-2H3,(H,23,25). The number of carbonyl (C=O) groups is 1. The molecule has 7 heteroatoms. The van der Waals surface area contributed by atoms with Crippen LogP contribution in [0.15, 0.2) is 36.4 Å². The van der Waals surface area contributed by atoms with E-state index >= 15 is 0 Å². The van der Waals surface area contributed by atoms with Gasteiger partial charge in [-0.05, 0) is 43.7 Å². The molecule has 1 saturated heterocycles. The van der Waals surface area contributed by atoms with Gasteiger partial charge in [-0.25, -0.2) is 4.39 Å². The summed E-state index contributed by atoms with van der Waals surface area (Å²) in [5, 5.41) is 2.75. The van der Waals surface area contributed by atoms with E-state index in [4.69, 9.17) is 21.1 Å². The molecule has 0 aromatic heterocycles. The van der Waals surface area contributed by atoms with Gasteiger partial charge in [-0.1, -0.05) is 17.7 Å². The molecule has 1 fully saturated rings. The van der Waals surface area contributed by atoms with Crippen molar-refractivity contribution in [2.75, 3.05) is 32.6 Å². The Bertz CT molecular complexity index is 831. The Hall–Kier alpha value is -2.31. The Morgan fingerprint density at radius 3 is 2.78 bits per heavy atom. The highest BCUT2D eigenvalue weighted by Gasteiger charge is 2.30. The van der Waals surface area contributed by atoms with Gasteiger partial charge in [0.1, 0.15) is 17.3 Å². The first kappa shape index (κ1) is 19.5. The lowest BCUT2D eigenvalue weighted by atomic mass is 10.0. The summed E-state index contributed by atoms with van der Waals surface area (Å²) in [5.74, 6) is 0.793. The van der Waals surface area contributed by atoms with Gasteiger partial charge in [-0.15, -0.1) is 0 Å². The molecule has 0 saturated carbocycles. The van der Waals surface area contributed by atoms with E-state index < -0.39 is 5.82 Å². The lowest BCUT2D eigenvalue weighted by molar-refractivity contribution is -0.117. The van der Waals surface area contributed by atoms with Gasteiger partial charge in [0, 0.05) is 23.4 Å². The molecule has 0 radical (unpaired) electrons. The number of halogens is 2. The minimum atomic E-state index is -0.513. The van der Waals surface area contributed by atoms with E-state index in [1.807, 2.05) is 18.2 Å². The van der Waals surface area contributed by atoms with Crippen molar-refractivity contribution in [3.8, 4) is 11.5 Å². The Kier molecular flexibility index (Phi) is 6.19. The molecule has 1 unspecified atom stereocenters. The average Bonchev–Trinajstić information content (AvgIpc) is 3.11. The van der Waals surface area contributed by atoms with Crippen LogP contribution >= 0.6 is 11.6 Å². The molecule has 144 valence electrons. The number of nitrogens with zero attached hydrogens (tertiary/aromatic N) is 1. The third-order valence-corrected chi connectivity index (χ3v) is 5.00. The molecule has 5 nitrogen and oxygen atoms in total. The first-order valence-electron chi connectivity index (χ1n) is 8.72. The second-order valence-electron chi connectivity index (χ2n) is 6.41. The normalized spacial score (nSPS) is 17.0. The molecule has 1 amide bonds. The summed E-state index contributed by atoms with van der Waals surface area (Å²) in [6, 6.07) is 9.96. The smallest absolute Gasteiger partial charge is 0.238 e. The zero-order chi connectivity index (χ0) is 19.4. The molecule has 27 heavy (non-hydrogen) atoms. The van der Waals surface area contributed by atoms with Crippen LogP contribution in [0.25, 0.3) is 0 Å². The Morgan fingerprint density at radius 1 is 1.26 bits per heavy atom. The van der Waals surface area contributed by atoms with Gasteiger partial charge in [0.2, 0.25) is 5.91 Å². The van der Waals surface area contributed by atoms with Crippen LogP contribution in [0.4, 0.5) is 10.1 Å². The van der Waals surface area contributed by atoms with Crippen LogP contribution in [0.5, 0.6) is 11.5 Å². The maximum Gasteiger partial charge on any atom is 0.238 e. The lowest BCUT2D eigenvalue weighted by Gasteiger charge is -2.26. The van der Waals surface area contributed by atoms with Crippen LogP contribution in [-0.2, 0) is 4.79 Å². The highest BCUT2D eigenvalue weighted by molar-refractivity contribution is 6.31. The highest BCUT2D eigenvalue weighted by Crippen LogP contribution is 2.38. The van der Waals surface area contributed by atoms with Crippen molar-refractivity contribution in [3.63, 3.8) is 0 Å². The summed E-state index contributed by atoms with van der Waals surface area (Å²) < 4.78 is 24.0. The number of likely N-dealkylation sites (tertiary alicyclic amines) is 1. The van der Waals surface area contributed by atoms with Crippen molar-refractivity contribution in [3.05, 3.63) is 52.8 Å². The van der Waals surface area contributed by atoms with Crippen LogP contribution in [0.3, 0.4) is 0 Å². The number of ether oxygens (including phenoxy) is 2. The molecule has 1 atom stereocenters. The average molecular weight is 393 g/mol. The van der Waals surface area contributed by atoms with Crippen molar-refractivity contribution in [2.24, 2.45) is 0 Å². The number of anilines is 1. The van der Waals surface area contributed by atoms with Crippen LogP contribution < -0.4 is 14.8 Å². The van der Waals surface area contributed by atoms with Crippen molar-refractivity contribution in [1.82, 2.24) is 4.90 Å². The fourth-order valence-corrected chi connectivity index (χ4v) is 3.60. The number of amides is 1. The number of nitrogens with one attached hydrogen (secondary N) is 1. The number of methoxy groups -OCH3 is 2. The van der Waals surface area contributed by atoms with Gasteiger partial charge >= 0.3 is 0 Å². The van der Waals surface area contributed by atoms with E-state index in [1.54, 1.807) is 14.2 Å². The number of hydrogen-bond acceptors (Lipinski definition) is 4. The zero-order valence-corrected chi connectivity index (χ0v) is 16.1. The third kappa shape index (κ3) is 4.51. The lowest BCUT2D eigenvalue weighted by Crippen LogP contribution is -2.33. The van der Waals surface area contributed by atoms with Gasteiger partial charge in [0.05, 0.1) is 25.8 Å². The molecule has 0 spiro atoms. The topological polar surface area (TPSA) is 50.8 Å². The predicted molar refractivity (Wildman–Crippen MR) is 103 cm³/mol. The van der Waals surface area contributed by atoms with Gasteiger partial charge in [-0.2, -0.15) is 0 Å². The van der Waals surface area contributed by atoms with Crippen molar-refractivity contribution >= 4 is 23.2 Å². The summed E-state index contributed by atoms with van der Waals surface area (Å²) in [4.78, 5) is 14.6. The minimum absolute atomic E-state index is 0.0187. The third-order valence-electron chi connectivity index (χ3n) is 4.71. The molecule has 1 N–H and O–H groups in total. The van der Waals surface area contributed by atoms with Crippen LogP contribution in [0.1, 0.15) is 24.4 Å². The highest BCUT2D eigenvalue weighted by atomic mass is 35.5. The van der Waals surface area contributed by atoms with E-state index in [0.717, 1.165) is 36.4 Å². The summed E-state index contributed by atoms with van der Waals surface area (Å²) in [6.07, 6.45) is 1.94. The quantitative estimate of drug-likeness (QED) is 0.797. The fraction of sp³-hybridized carbons (Fsp3) is 0.350. The summed E-state index contributed by atoms with van der Waals surface area (Å²) in [6.45, 7) is 1.05. The van der Waals surface area contributed by atoms with E-state index in [9.17, 15) is 9.18 Å². The number of hydrogen-bond donors (Lipinski definition) is 1. The largest absolute Gasteiger partial charge is 0.497 e. The molecule has 2 aromatic carbocycles. The van der Waals surface area contributed by atoms with Gasteiger partial charge in [0.15, 0.2) is 0 Å². The van der Waals surface area contributed by atoms with Crippen molar-refractivity contribution < 1.29 is 18.7 Å². The van der Waals surface area contributed by atoms with E-state index in [0.29, 0.717) is 5.69 Å². The van der Waals surface area contributed by atoms with Crippen LogP contribution in [0, 0.1) is 5.82 Å². The fourth-order valence-electron chi connectivity index (χ4n) is 3.42. The molecule has 1 aliphatic heterocycles. The molecule has 2 aromatic rings. The minimum Gasteiger partial charge on any atom is -0.497 e. The van der Waals surface area contributed by atoms with Gasteiger partial charge in [-0.3, -0.25) is 9.69 Å². The van der Waals surface area contributed by atoms with E-state index in [1.165, 1.54) is 18.2 Å².